The number of nitrogens with one attached hydrogen (secondary N) is 2. The zero-order chi connectivity index (χ0) is 21.4. The number of benzene rings is 2. The monoisotopic (exact) mass is 405 g/mol. The molecule has 2 aromatic carbocycles. The van der Waals surface area contributed by atoms with E-state index in [4.69, 9.17) is 5.73 Å². The Hall–Kier alpha value is -3.01. The molecule has 9 nitrogen and oxygen atoms in total. The standard InChI is InChI=1S/C20H27N3O6/c21-11-12(23-20(29)14-7-4-9-16(25)18(14)27)5-1-2-10-22-19(28)13-6-3-8-15(24)17(13)26/h3-4,6-9,12,20,23-27,29H,1-2,5,10-11,21H2,(H,22,28). The molecule has 0 bridgehead atoms. The predicted molar refractivity (Wildman–Crippen MR) is 107 cm³/mol. The van der Waals surface area contributed by atoms with Crippen molar-refractivity contribution in [3.63, 3.8) is 0 Å². The normalized spacial score (nSPS) is 13.0. The van der Waals surface area contributed by atoms with Gasteiger partial charge in [0.05, 0.1) is 5.56 Å². The molecule has 0 spiro atoms. The molecule has 2 aromatic rings. The van der Waals surface area contributed by atoms with Crippen LogP contribution in [0.4, 0.5) is 0 Å². The van der Waals surface area contributed by atoms with Gasteiger partial charge in [0.25, 0.3) is 5.91 Å². The van der Waals surface area contributed by atoms with E-state index in [0.717, 1.165) is 0 Å². The van der Waals surface area contributed by atoms with E-state index in [1.54, 1.807) is 0 Å². The van der Waals surface area contributed by atoms with E-state index >= 15 is 0 Å². The fraction of sp³-hybridized carbons (Fsp3) is 0.350. The summed E-state index contributed by atoms with van der Waals surface area (Å²) in [4.78, 5) is 12.0. The minimum Gasteiger partial charge on any atom is -0.504 e. The second-order valence-corrected chi connectivity index (χ2v) is 6.64. The minimum absolute atomic E-state index is 0.000505. The highest BCUT2D eigenvalue weighted by Crippen LogP contribution is 2.32. The van der Waals surface area contributed by atoms with Crippen LogP contribution in [-0.2, 0) is 0 Å². The smallest absolute Gasteiger partial charge is 0.255 e. The fourth-order valence-electron chi connectivity index (χ4n) is 2.88. The van der Waals surface area contributed by atoms with Crippen LogP contribution in [0.1, 0.15) is 41.4 Å². The molecule has 0 aliphatic heterocycles. The third kappa shape index (κ3) is 5.98. The lowest BCUT2D eigenvalue weighted by molar-refractivity contribution is 0.0949. The van der Waals surface area contributed by atoms with Gasteiger partial charge in [-0.15, -0.1) is 0 Å². The van der Waals surface area contributed by atoms with Gasteiger partial charge in [0.2, 0.25) is 0 Å². The maximum Gasteiger partial charge on any atom is 0.255 e. The van der Waals surface area contributed by atoms with Gasteiger partial charge in [0.15, 0.2) is 23.0 Å². The van der Waals surface area contributed by atoms with Gasteiger partial charge in [0.1, 0.15) is 6.23 Å². The molecule has 2 atom stereocenters. The quantitative estimate of drug-likeness (QED) is 0.165. The summed E-state index contributed by atoms with van der Waals surface area (Å²) >= 11 is 0. The average Bonchev–Trinajstić information content (AvgIpc) is 2.70. The predicted octanol–water partition coefficient (Wildman–Crippen LogP) is 1.02. The summed E-state index contributed by atoms with van der Waals surface area (Å²) in [5.41, 5.74) is 5.88. The largest absolute Gasteiger partial charge is 0.504 e. The van der Waals surface area contributed by atoms with Crippen LogP contribution in [0.3, 0.4) is 0 Å². The van der Waals surface area contributed by atoms with Gasteiger partial charge in [-0.05, 0) is 31.0 Å². The summed E-state index contributed by atoms with van der Waals surface area (Å²) < 4.78 is 0. The first-order chi connectivity index (χ1) is 13.8. The van der Waals surface area contributed by atoms with Gasteiger partial charge < -0.3 is 36.6 Å². The van der Waals surface area contributed by atoms with E-state index in [9.17, 15) is 30.3 Å². The number of amides is 1. The molecule has 2 rings (SSSR count). The Morgan fingerprint density at radius 2 is 1.62 bits per heavy atom. The number of unbranched alkanes of at least 4 members (excludes halogenated alkanes) is 1. The molecule has 0 saturated heterocycles. The Labute approximate surface area is 168 Å². The topological polar surface area (TPSA) is 168 Å². The Morgan fingerprint density at radius 1 is 0.966 bits per heavy atom. The van der Waals surface area contributed by atoms with Gasteiger partial charge >= 0.3 is 0 Å². The molecular formula is C20H27N3O6. The highest BCUT2D eigenvalue weighted by molar-refractivity contribution is 5.97. The van der Waals surface area contributed by atoms with Crippen LogP contribution in [-0.4, -0.2) is 50.6 Å². The summed E-state index contributed by atoms with van der Waals surface area (Å²) in [5.74, 6) is -2.00. The molecule has 1 amide bonds. The molecular weight excluding hydrogens is 378 g/mol. The van der Waals surface area contributed by atoms with Gasteiger partial charge in [-0.3, -0.25) is 10.1 Å². The van der Waals surface area contributed by atoms with Crippen molar-refractivity contribution in [2.45, 2.75) is 31.5 Å². The SMILES string of the molecule is NCC(CCCCNC(=O)c1cccc(O)c1O)NC(O)c1cccc(O)c1O. The van der Waals surface area contributed by atoms with Crippen molar-refractivity contribution in [1.29, 1.82) is 0 Å². The van der Waals surface area contributed by atoms with Crippen LogP contribution in [0.5, 0.6) is 23.0 Å². The summed E-state index contributed by atoms with van der Waals surface area (Å²) in [6.45, 7) is 0.612. The molecule has 0 aliphatic rings. The molecule has 0 saturated carbocycles. The average molecular weight is 405 g/mol. The van der Waals surface area contributed by atoms with E-state index < -0.39 is 17.9 Å². The zero-order valence-corrected chi connectivity index (χ0v) is 15.9. The van der Waals surface area contributed by atoms with Gasteiger partial charge in [0, 0.05) is 24.7 Å². The molecule has 0 aromatic heterocycles. The first-order valence-corrected chi connectivity index (χ1v) is 9.29. The lowest BCUT2D eigenvalue weighted by atomic mass is 10.1. The summed E-state index contributed by atoms with van der Waals surface area (Å²) in [6.07, 6.45) is 0.751. The molecule has 9 N–H and O–H groups in total. The van der Waals surface area contributed by atoms with Gasteiger partial charge in [-0.1, -0.05) is 24.6 Å². The van der Waals surface area contributed by atoms with Crippen molar-refractivity contribution < 1.29 is 30.3 Å². The molecule has 0 radical (unpaired) electrons. The molecule has 158 valence electrons. The number of aromatic hydroxyl groups is 4. The van der Waals surface area contributed by atoms with Crippen molar-refractivity contribution in [2.24, 2.45) is 5.73 Å². The van der Waals surface area contributed by atoms with Crippen LogP contribution in [0.2, 0.25) is 0 Å². The number of nitrogens with two attached hydrogens (primary N) is 1. The molecule has 2 unspecified atom stereocenters. The van der Waals surface area contributed by atoms with Crippen molar-refractivity contribution >= 4 is 5.91 Å². The molecule has 29 heavy (non-hydrogen) atoms. The van der Waals surface area contributed by atoms with Crippen LogP contribution in [0.25, 0.3) is 0 Å². The van der Waals surface area contributed by atoms with E-state index in [0.29, 0.717) is 25.8 Å². The fourth-order valence-corrected chi connectivity index (χ4v) is 2.88. The summed E-state index contributed by atoms with van der Waals surface area (Å²) in [6, 6.07) is 8.26. The highest BCUT2D eigenvalue weighted by atomic mass is 16.3. The molecule has 0 fully saturated rings. The molecule has 9 heteroatoms. The number of phenols is 4. The number of carbonyl (C=O) groups is 1. The van der Waals surface area contributed by atoms with Crippen LogP contribution < -0.4 is 16.4 Å². The van der Waals surface area contributed by atoms with E-state index in [1.807, 2.05) is 0 Å². The third-order valence-electron chi connectivity index (χ3n) is 4.54. The Morgan fingerprint density at radius 3 is 2.31 bits per heavy atom. The van der Waals surface area contributed by atoms with Crippen molar-refractivity contribution in [2.75, 3.05) is 13.1 Å². The Kier molecular flexibility index (Phi) is 8.08. The second kappa shape index (κ2) is 10.5. The number of carbonyl (C=O) groups excluding carboxylic acids is 1. The van der Waals surface area contributed by atoms with E-state index in [2.05, 4.69) is 10.6 Å². The maximum absolute atomic E-state index is 12.0. The number of rotatable bonds is 10. The minimum atomic E-state index is -1.19. The molecule has 0 aliphatic carbocycles. The zero-order valence-electron chi connectivity index (χ0n) is 15.9. The number of phenolic OH excluding ortho intramolecular Hbond substituents is 4. The number of aliphatic hydroxyl groups is 1. The van der Waals surface area contributed by atoms with Crippen molar-refractivity contribution in [1.82, 2.24) is 10.6 Å². The second-order valence-electron chi connectivity index (χ2n) is 6.64. The van der Waals surface area contributed by atoms with Gasteiger partial charge in [-0.2, -0.15) is 0 Å². The first-order valence-electron chi connectivity index (χ1n) is 9.29. The number of aliphatic hydroxyl groups excluding tert-OH is 1. The lowest BCUT2D eigenvalue weighted by Crippen LogP contribution is -2.38. The third-order valence-corrected chi connectivity index (χ3v) is 4.54. The van der Waals surface area contributed by atoms with Crippen LogP contribution in [0.15, 0.2) is 36.4 Å². The van der Waals surface area contributed by atoms with E-state index in [1.165, 1.54) is 36.4 Å². The molecule has 0 heterocycles. The number of para-hydroxylation sites is 2. The van der Waals surface area contributed by atoms with Crippen LogP contribution in [0, 0.1) is 0 Å². The Bertz CT molecular complexity index is 830. The first kappa shape index (κ1) is 22.3. The summed E-state index contributed by atoms with van der Waals surface area (Å²) in [5, 5.41) is 54.3. The van der Waals surface area contributed by atoms with Gasteiger partial charge in [-0.25, -0.2) is 0 Å². The number of hydrogen-bond donors (Lipinski definition) is 8. The number of hydrogen-bond acceptors (Lipinski definition) is 8. The van der Waals surface area contributed by atoms with Crippen molar-refractivity contribution in [3.8, 4) is 23.0 Å². The van der Waals surface area contributed by atoms with Crippen LogP contribution >= 0.6 is 0 Å². The summed E-state index contributed by atoms with van der Waals surface area (Å²) in [7, 11) is 0. The van der Waals surface area contributed by atoms with E-state index in [-0.39, 0.29) is 41.0 Å². The Balaban J connectivity index is 1.76. The van der Waals surface area contributed by atoms with Crippen molar-refractivity contribution in [3.05, 3.63) is 47.5 Å². The highest BCUT2D eigenvalue weighted by Gasteiger charge is 2.18. The lowest BCUT2D eigenvalue weighted by Gasteiger charge is -2.22. The maximum atomic E-state index is 12.0.